The molecule has 170 valence electrons. The van der Waals surface area contributed by atoms with Gasteiger partial charge in [-0.15, -0.1) is 0 Å². The first-order valence-corrected chi connectivity index (χ1v) is 11.0. The molecule has 0 aromatic heterocycles. The second-order valence-corrected chi connectivity index (χ2v) is 8.49. The summed E-state index contributed by atoms with van der Waals surface area (Å²) in [5.41, 5.74) is -2.85. The SMILES string of the molecule is CCC[C@H]1C=C(C(=O)c2ccc(OC)cc2)[C@]2(C(=O)N(C(C)=O)c3ccccc32)C1(C#N)C#N. The molecule has 2 aromatic rings. The standard InChI is InChI=1S/C27H23N3O4/c1-4-7-19-14-22(24(32)18-10-12-20(34-3)13-11-18)27(26(19,15-28)16-29)21-8-5-6-9-23(21)30(17(2)31)25(27)33/h5-6,8-14,19H,4,7H2,1-3H3/t19-,27+/m0/s1. The van der Waals surface area contributed by atoms with Crippen molar-refractivity contribution in [3.63, 3.8) is 0 Å². The summed E-state index contributed by atoms with van der Waals surface area (Å²) in [6.45, 7) is 3.16. The van der Waals surface area contributed by atoms with E-state index < -0.39 is 34.3 Å². The molecule has 1 aliphatic heterocycles. The summed E-state index contributed by atoms with van der Waals surface area (Å²) < 4.78 is 5.18. The smallest absolute Gasteiger partial charge is 0.251 e. The largest absolute Gasteiger partial charge is 0.497 e. The van der Waals surface area contributed by atoms with E-state index in [-0.39, 0.29) is 5.57 Å². The lowest BCUT2D eigenvalue weighted by Gasteiger charge is -2.37. The zero-order valence-corrected chi connectivity index (χ0v) is 19.2. The highest BCUT2D eigenvalue weighted by Gasteiger charge is 2.73. The van der Waals surface area contributed by atoms with Gasteiger partial charge in [0.25, 0.3) is 5.91 Å². The molecule has 2 atom stereocenters. The van der Waals surface area contributed by atoms with Crippen molar-refractivity contribution < 1.29 is 19.1 Å². The average Bonchev–Trinajstić information content (AvgIpc) is 3.29. The van der Waals surface area contributed by atoms with Gasteiger partial charge in [0.2, 0.25) is 5.91 Å². The molecule has 1 spiro atoms. The number of Topliss-reactive ketones (excluding diaryl/α,β-unsaturated/α-hetero) is 1. The Bertz CT molecular complexity index is 1300. The fourth-order valence-corrected chi connectivity index (χ4v) is 5.39. The number of allylic oxidation sites excluding steroid dienone is 1. The number of methoxy groups -OCH3 is 1. The molecule has 0 saturated heterocycles. The summed E-state index contributed by atoms with van der Waals surface area (Å²) >= 11 is 0. The molecular weight excluding hydrogens is 430 g/mol. The normalized spacial score (nSPS) is 22.0. The van der Waals surface area contributed by atoms with Crippen molar-refractivity contribution in [1.82, 2.24) is 0 Å². The van der Waals surface area contributed by atoms with Crippen LogP contribution in [0.3, 0.4) is 0 Å². The molecule has 2 amide bonds. The zero-order chi connectivity index (χ0) is 24.7. The maximum atomic E-state index is 14.1. The van der Waals surface area contributed by atoms with E-state index in [2.05, 4.69) is 12.1 Å². The number of fused-ring (bicyclic) bond motifs is 2. The lowest BCUT2D eigenvalue weighted by atomic mass is 9.57. The van der Waals surface area contributed by atoms with Gasteiger partial charge in [0.05, 0.1) is 24.9 Å². The molecule has 1 aliphatic carbocycles. The Kier molecular flexibility index (Phi) is 5.59. The van der Waals surface area contributed by atoms with Crippen molar-refractivity contribution in [2.45, 2.75) is 32.1 Å². The molecule has 34 heavy (non-hydrogen) atoms. The maximum absolute atomic E-state index is 14.1. The molecule has 4 rings (SSSR count). The number of para-hydroxylation sites is 1. The van der Waals surface area contributed by atoms with Crippen molar-refractivity contribution in [1.29, 1.82) is 10.5 Å². The molecular formula is C27H23N3O4. The number of nitrogens with zero attached hydrogens (tertiary/aromatic N) is 3. The van der Waals surface area contributed by atoms with Gasteiger partial charge < -0.3 is 4.74 Å². The zero-order valence-electron chi connectivity index (χ0n) is 19.2. The van der Waals surface area contributed by atoms with Gasteiger partial charge in [-0.25, -0.2) is 4.90 Å². The Morgan fingerprint density at radius 2 is 1.74 bits per heavy atom. The maximum Gasteiger partial charge on any atom is 0.251 e. The van der Waals surface area contributed by atoms with E-state index in [1.807, 2.05) is 6.92 Å². The summed E-state index contributed by atoms with van der Waals surface area (Å²) in [6, 6.07) is 17.3. The second kappa shape index (κ2) is 8.28. The van der Waals surface area contributed by atoms with E-state index in [4.69, 9.17) is 4.74 Å². The van der Waals surface area contributed by atoms with Gasteiger partial charge in [-0.05, 0) is 42.3 Å². The Morgan fingerprint density at radius 1 is 1.09 bits per heavy atom. The predicted molar refractivity (Wildman–Crippen MR) is 124 cm³/mol. The Hall–Kier alpha value is -4.23. The van der Waals surface area contributed by atoms with Crippen molar-refractivity contribution in [3.8, 4) is 17.9 Å². The molecule has 7 nitrogen and oxygen atoms in total. The topological polar surface area (TPSA) is 111 Å². The summed E-state index contributed by atoms with van der Waals surface area (Å²) in [5, 5.41) is 20.9. The van der Waals surface area contributed by atoms with Gasteiger partial charge in [-0.3, -0.25) is 14.4 Å². The van der Waals surface area contributed by atoms with Crippen molar-refractivity contribution >= 4 is 23.3 Å². The van der Waals surface area contributed by atoms with E-state index in [9.17, 15) is 24.9 Å². The van der Waals surface area contributed by atoms with E-state index in [0.717, 1.165) is 4.90 Å². The van der Waals surface area contributed by atoms with Crippen LogP contribution in [-0.4, -0.2) is 24.7 Å². The first-order valence-electron chi connectivity index (χ1n) is 11.0. The third kappa shape index (κ3) is 2.77. The molecule has 2 aliphatic rings. The summed E-state index contributed by atoms with van der Waals surface area (Å²) in [6.07, 6.45) is 2.68. The number of carbonyl (C=O) groups is 3. The lowest BCUT2D eigenvalue weighted by Crippen LogP contribution is -2.54. The minimum atomic E-state index is -1.92. The van der Waals surface area contributed by atoms with Crippen LogP contribution >= 0.6 is 0 Å². The number of imide groups is 1. The average molecular weight is 453 g/mol. The highest BCUT2D eigenvalue weighted by Crippen LogP contribution is 2.63. The molecule has 7 heteroatoms. The molecule has 0 radical (unpaired) electrons. The molecule has 0 fully saturated rings. The van der Waals surface area contributed by atoms with E-state index in [0.29, 0.717) is 35.4 Å². The highest BCUT2D eigenvalue weighted by molar-refractivity contribution is 6.29. The van der Waals surface area contributed by atoms with Crippen molar-refractivity contribution in [2.24, 2.45) is 11.3 Å². The predicted octanol–water partition coefficient (Wildman–Crippen LogP) is 4.10. The number of hydrogen-bond acceptors (Lipinski definition) is 6. The third-order valence-corrected chi connectivity index (χ3v) is 6.86. The van der Waals surface area contributed by atoms with Gasteiger partial charge in [-0.2, -0.15) is 10.5 Å². The number of rotatable bonds is 5. The van der Waals surface area contributed by atoms with Crippen LogP contribution in [0.4, 0.5) is 5.69 Å². The lowest BCUT2D eigenvalue weighted by molar-refractivity contribution is -0.128. The second-order valence-electron chi connectivity index (χ2n) is 8.49. The Balaban J connectivity index is 2.06. The van der Waals surface area contributed by atoms with Gasteiger partial charge >= 0.3 is 0 Å². The van der Waals surface area contributed by atoms with Crippen LogP contribution in [0.15, 0.2) is 60.2 Å². The van der Waals surface area contributed by atoms with E-state index in [1.54, 1.807) is 54.6 Å². The van der Waals surface area contributed by atoms with Crippen LogP contribution in [0.2, 0.25) is 0 Å². The number of ether oxygens (including phenoxy) is 1. The van der Waals surface area contributed by atoms with Gasteiger partial charge in [0.15, 0.2) is 11.2 Å². The molecule has 0 unspecified atom stereocenters. The molecule has 0 saturated carbocycles. The number of benzene rings is 2. The molecule has 1 heterocycles. The van der Waals surface area contributed by atoms with Gasteiger partial charge in [0.1, 0.15) is 11.2 Å². The number of ketones is 1. The van der Waals surface area contributed by atoms with E-state index in [1.165, 1.54) is 14.0 Å². The van der Waals surface area contributed by atoms with Crippen LogP contribution in [0.5, 0.6) is 5.75 Å². The summed E-state index contributed by atoms with van der Waals surface area (Å²) in [5.74, 6) is -1.87. The monoisotopic (exact) mass is 453 g/mol. The summed E-state index contributed by atoms with van der Waals surface area (Å²) in [4.78, 5) is 41.7. The van der Waals surface area contributed by atoms with Crippen molar-refractivity contribution in [3.05, 3.63) is 71.3 Å². The van der Waals surface area contributed by atoms with Crippen LogP contribution in [0.1, 0.15) is 42.6 Å². The van der Waals surface area contributed by atoms with Crippen LogP contribution in [0, 0.1) is 34.0 Å². The van der Waals surface area contributed by atoms with Crippen LogP contribution in [0.25, 0.3) is 0 Å². The quantitative estimate of drug-likeness (QED) is 0.630. The number of carbonyl (C=O) groups excluding carboxylic acids is 3. The first kappa shape index (κ1) is 22.9. The third-order valence-electron chi connectivity index (χ3n) is 6.86. The van der Waals surface area contributed by atoms with Gasteiger partial charge in [0, 0.05) is 24.0 Å². The van der Waals surface area contributed by atoms with Gasteiger partial charge in [-0.1, -0.05) is 37.6 Å². The minimum absolute atomic E-state index is 0.0559. The number of amides is 2. The van der Waals surface area contributed by atoms with Crippen molar-refractivity contribution in [2.75, 3.05) is 12.0 Å². The fraction of sp³-hybridized carbons (Fsp3) is 0.296. The van der Waals surface area contributed by atoms with E-state index >= 15 is 0 Å². The fourth-order valence-electron chi connectivity index (χ4n) is 5.39. The number of anilines is 1. The molecule has 0 N–H and O–H groups in total. The number of nitriles is 2. The molecule has 0 bridgehead atoms. The highest BCUT2D eigenvalue weighted by atomic mass is 16.5. The first-order chi connectivity index (χ1) is 16.3. The van der Waals surface area contributed by atoms with Crippen LogP contribution < -0.4 is 9.64 Å². The minimum Gasteiger partial charge on any atom is -0.497 e. The Morgan fingerprint density at radius 3 is 2.29 bits per heavy atom. The Labute approximate surface area is 197 Å². The summed E-state index contributed by atoms with van der Waals surface area (Å²) in [7, 11) is 1.51. The molecule has 2 aromatic carbocycles. The number of hydrogen-bond donors (Lipinski definition) is 0. The van der Waals surface area contributed by atoms with Crippen LogP contribution in [-0.2, 0) is 15.0 Å².